The monoisotopic (exact) mass is 434 g/mol. The molecule has 0 bridgehead atoms. The number of hydrogen-bond donors (Lipinski definition) is 0. The summed E-state index contributed by atoms with van der Waals surface area (Å²) in [6.45, 7) is 4.29. The molecule has 29 heavy (non-hydrogen) atoms. The van der Waals surface area contributed by atoms with Crippen LogP contribution in [0.1, 0.15) is 11.1 Å². The van der Waals surface area contributed by atoms with Crippen molar-refractivity contribution in [2.45, 2.75) is 17.6 Å². The largest absolute Gasteiger partial charge is 0.468 e. The van der Waals surface area contributed by atoms with Crippen LogP contribution in [-0.4, -0.2) is 57.7 Å². The first-order valence-corrected chi connectivity index (χ1v) is 12.0. The van der Waals surface area contributed by atoms with Gasteiger partial charge in [-0.2, -0.15) is 4.31 Å². The lowest BCUT2D eigenvalue weighted by atomic mass is 10.2. The fourth-order valence-electron chi connectivity index (χ4n) is 3.20. The van der Waals surface area contributed by atoms with Gasteiger partial charge in [-0.3, -0.25) is 4.79 Å². The Morgan fingerprint density at radius 3 is 2.41 bits per heavy atom. The molecule has 0 radical (unpaired) electrons. The molecular formula is C21H26N2O4S2. The maximum absolute atomic E-state index is 13.1. The Labute approximate surface area is 176 Å². The number of piperazine rings is 1. The van der Waals surface area contributed by atoms with Crippen LogP contribution in [0.25, 0.3) is 0 Å². The number of ether oxygens (including phenoxy) is 1. The van der Waals surface area contributed by atoms with Crippen LogP contribution in [-0.2, 0) is 25.3 Å². The van der Waals surface area contributed by atoms with Crippen molar-refractivity contribution in [3.63, 3.8) is 0 Å². The van der Waals surface area contributed by atoms with Crippen LogP contribution in [0.2, 0.25) is 0 Å². The van der Waals surface area contributed by atoms with Crippen molar-refractivity contribution < 1.29 is 17.9 Å². The minimum Gasteiger partial charge on any atom is -0.468 e. The second-order valence-electron chi connectivity index (χ2n) is 6.94. The van der Waals surface area contributed by atoms with E-state index in [1.165, 1.54) is 24.4 Å². The Bertz CT molecular complexity index is 937. The maximum Gasteiger partial charge on any atom is 0.315 e. The standard InChI is InChI=1S/C21H26N2O4S2/c1-17-6-8-19(9-7-17)22-10-12-23(13-11-22)29(25,26)20-5-3-4-18(14-20)15-28-16-21(24)27-2/h3-9,14H,10-13,15-16H2,1-2H3. The molecule has 0 aromatic heterocycles. The lowest BCUT2D eigenvalue weighted by molar-refractivity contribution is -0.137. The zero-order valence-electron chi connectivity index (χ0n) is 16.7. The third-order valence-electron chi connectivity index (χ3n) is 4.89. The van der Waals surface area contributed by atoms with E-state index in [1.54, 1.807) is 22.5 Å². The van der Waals surface area contributed by atoms with Gasteiger partial charge in [0.1, 0.15) is 0 Å². The van der Waals surface area contributed by atoms with Gasteiger partial charge in [-0.05, 0) is 36.8 Å². The van der Waals surface area contributed by atoms with E-state index < -0.39 is 10.0 Å². The average Bonchev–Trinajstić information content (AvgIpc) is 2.74. The van der Waals surface area contributed by atoms with Crippen molar-refractivity contribution >= 4 is 33.4 Å². The normalized spacial score (nSPS) is 15.3. The predicted molar refractivity (Wildman–Crippen MR) is 117 cm³/mol. The van der Waals surface area contributed by atoms with E-state index in [0.717, 1.165) is 11.3 Å². The molecule has 0 atom stereocenters. The molecule has 0 amide bonds. The first-order chi connectivity index (χ1) is 13.9. The Morgan fingerprint density at radius 2 is 1.76 bits per heavy atom. The van der Waals surface area contributed by atoms with E-state index in [2.05, 4.69) is 40.8 Å². The summed E-state index contributed by atoms with van der Waals surface area (Å²) in [5.41, 5.74) is 3.20. The molecule has 1 aliphatic heterocycles. The summed E-state index contributed by atoms with van der Waals surface area (Å²) in [7, 11) is -2.18. The van der Waals surface area contributed by atoms with Crippen LogP contribution >= 0.6 is 11.8 Å². The predicted octanol–water partition coefficient (Wildman–Crippen LogP) is 2.91. The van der Waals surface area contributed by atoms with Crippen molar-refractivity contribution in [1.29, 1.82) is 0 Å². The number of nitrogens with zero attached hydrogens (tertiary/aromatic N) is 2. The Hall–Kier alpha value is -2.03. The number of carbonyl (C=O) groups is 1. The lowest BCUT2D eigenvalue weighted by Crippen LogP contribution is -2.48. The van der Waals surface area contributed by atoms with Crippen LogP contribution in [0.3, 0.4) is 0 Å². The van der Waals surface area contributed by atoms with Gasteiger partial charge in [0.2, 0.25) is 10.0 Å². The van der Waals surface area contributed by atoms with Crippen LogP contribution in [0.15, 0.2) is 53.4 Å². The second kappa shape index (κ2) is 9.65. The van der Waals surface area contributed by atoms with Crippen molar-refractivity contribution in [3.8, 4) is 0 Å². The number of thioether (sulfide) groups is 1. The summed E-state index contributed by atoms with van der Waals surface area (Å²) < 4.78 is 32.3. The minimum absolute atomic E-state index is 0.244. The van der Waals surface area contributed by atoms with Crippen molar-refractivity contribution in [3.05, 3.63) is 59.7 Å². The van der Waals surface area contributed by atoms with Gasteiger partial charge in [0, 0.05) is 37.6 Å². The zero-order valence-corrected chi connectivity index (χ0v) is 18.3. The van der Waals surface area contributed by atoms with Crippen molar-refractivity contribution in [2.75, 3.05) is 43.9 Å². The number of esters is 1. The van der Waals surface area contributed by atoms with Gasteiger partial charge in [0.05, 0.1) is 17.8 Å². The molecule has 0 N–H and O–H groups in total. The SMILES string of the molecule is COC(=O)CSCc1cccc(S(=O)(=O)N2CCN(c3ccc(C)cc3)CC2)c1. The molecule has 8 heteroatoms. The molecule has 1 aliphatic rings. The number of methoxy groups -OCH3 is 1. The van der Waals surface area contributed by atoms with Crippen LogP contribution in [0.4, 0.5) is 5.69 Å². The van der Waals surface area contributed by atoms with Gasteiger partial charge in [-0.25, -0.2) is 8.42 Å². The summed E-state index contributed by atoms with van der Waals surface area (Å²) in [5.74, 6) is 0.513. The molecule has 3 rings (SSSR count). The van der Waals surface area contributed by atoms with Gasteiger partial charge < -0.3 is 9.64 Å². The summed E-state index contributed by atoms with van der Waals surface area (Å²) >= 11 is 1.40. The summed E-state index contributed by atoms with van der Waals surface area (Å²) in [6, 6.07) is 15.3. The van der Waals surface area contributed by atoms with Gasteiger partial charge >= 0.3 is 5.97 Å². The van der Waals surface area contributed by atoms with Crippen LogP contribution < -0.4 is 4.90 Å². The van der Waals surface area contributed by atoms with E-state index in [0.29, 0.717) is 36.8 Å². The van der Waals surface area contributed by atoms with Crippen LogP contribution in [0, 0.1) is 6.92 Å². The fourth-order valence-corrected chi connectivity index (χ4v) is 5.49. The Morgan fingerprint density at radius 1 is 1.07 bits per heavy atom. The van der Waals surface area contributed by atoms with Gasteiger partial charge in [0.15, 0.2) is 0 Å². The summed E-state index contributed by atoms with van der Waals surface area (Å²) in [5, 5.41) is 0. The van der Waals surface area contributed by atoms with Crippen LogP contribution in [0.5, 0.6) is 0 Å². The highest BCUT2D eigenvalue weighted by molar-refractivity contribution is 7.99. The highest BCUT2D eigenvalue weighted by Gasteiger charge is 2.28. The zero-order chi connectivity index (χ0) is 20.9. The molecule has 0 unspecified atom stereocenters. The van der Waals surface area contributed by atoms with Crippen molar-refractivity contribution in [1.82, 2.24) is 4.31 Å². The number of sulfonamides is 1. The van der Waals surface area contributed by atoms with E-state index in [1.807, 2.05) is 6.07 Å². The van der Waals surface area contributed by atoms with Gasteiger partial charge in [-0.1, -0.05) is 29.8 Å². The number of aryl methyl sites for hydroxylation is 1. The van der Waals surface area contributed by atoms with Gasteiger partial charge in [-0.15, -0.1) is 11.8 Å². The molecule has 0 saturated carbocycles. The molecule has 2 aromatic rings. The van der Waals surface area contributed by atoms with Gasteiger partial charge in [0.25, 0.3) is 0 Å². The fraction of sp³-hybridized carbons (Fsp3) is 0.381. The van der Waals surface area contributed by atoms with E-state index >= 15 is 0 Å². The number of rotatable bonds is 7. The van der Waals surface area contributed by atoms with E-state index in [4.69, 9.17) is 0 Å². The number of hydrogen-bond acceptors (Lipinski definition) is 6. The first-order valence-electron chi connectivity index (χ1n) is 9.45. The third kappa shape index (κ3) is 5.52. The molecular weight excluding hydrogens is 408 g/mol. The second-order valence-corrected chi connectivity index (χ2v) is 9.87. The quantitative estimate of drug-likeness (QED) is 0.625. The smallest absolute Gasteiger partial charge is 0.315 e. The molecule has 156 valence electrons. The molecule has 0 aliphatic carbocycles. The highest BCUT2D eigenvalue weighted by atomic mass is 32.2. The molecule has 1 heterocycles. The Kier molecular flexibility index (Phi) is 7.21. The average molecular weight is 435 g/mol. The molecule has 6 nitrogen and oxygen atoms in total. The molecule has 1 fully saturated rings. The first kappa shape index (κ1) is 21.7. The maximum atomic E-state index is 13.1. The highest BCUT2D eigenvalue weighted by Crippen LogP contribution is 2.23. The number of carbonyl (C=O) groups excluding carboxylic acids is 1. The summed E-state index contributed by atoms with van der Waals surface area (Å²) in [6.07, 6.45) is 0. The third-order valence-corrected chi connectivity index (χ3v) is 7.76. The minimum atomic E-state index is -3.54. The molecule has 0 spiro atoms. The van der Waals surface area contributed by atoms with Crippen molar-refractivity contribution in [2.24, 2.45) is 0 Å². The molecule has 2 aromatic carbocycles. The van der Waals surface area contributed by atoms with E-state index in [-0.39, 0.29) is 11.7 Å². The van der Waals surface area contributed by atoms with E-state index in [9.17, 15) is 13.2 Å². The molecule has 1 saturated heterocycles. The Balaban J connectivity index is 1.63. The lowest BCUT2D eigenvalue weighted by Gasteiger charge is -2.35. The topological polar surface area (TPSA) is 66.9 Å². The summed E-state index contributed by atoms with van der Waals surface area (Å²) in [4.78, 5) is 13.7. The number of benzene rings is 2. The number of anilines is 1.